The quantitative estimate of drug-likeness (QED) is 0.718. The van der Waals surface area contributed by atoms with Crippen molar-refractivity contribution < 1.29 is 0 Å². The van der Waals surface area contributed by atoms with Gasteiger partial charge in [-0.15, -0.1) is 0 Å². The summed E-state index contributed by atoms with van der Waals surface area (Å²) < 4.78 is 0. The van der Waals surface area contributed by atoms with Crippen molar-refractivity contribution in [2.45, 2.75) is 10.7 Å². The number of benzene rings is 1. The molecule has 0 amide bonds. The van der Waals surface area contributed by atoms with E-state index in [0.717, 1.165) is 10.7 Å². The molecule has 0 atom stereocenters. The minimum absolute atomic E-state index is 0.908. The number of halogens is 2. The van der Waals surface area contributed by atoms with E-state index in [2.05, 4.69) is 44.0 Å². The average molecular weight is 263 g/mol. The summed E-state index contributed by atoms with van der Waals surface area (Å²) in [6, 6.07) is 9.05. The Bertz CT molecular complexity index is 185. The maximum atomic E-state index is 3.41. The van der Waals surface area contributed by atoms with Gasteiger partial charge in [0.25, 0.3) is 0 Å². The van der Waals surface area contributed by atoms with Crippen LogP contribution in [0, 0.1) is 6.07 Å². The standard InChI is InChI=1S/C8H7Br2/c9-5-7-3-1-2-4-8(7)6-10/h1,3-4H,5-6H2. The monoisotopic (exact) mass is 261 g/mol. The zero-order valence-electron chi connectivity index (χ0n) is 5.40. The van der Waals surface area contributed by atoms with Crippen LogP contribution in [0.5, 0.6) is 0 Å². The van der Waals surface area contributed by atoms with Gasteiger partial charge in [-0.1, -0.05) is 50.1 Å². The lowest BCUT2D eigenvalue weighted by Gasteiger charge is -2.00. The van der Waals surface area contributed by atoms with Gasteiger partial charge in [-0.3, -0.25) is 0 Å². The third-order valence-corrected chi connectivity index (χ3v) is 2.55. The van der Waals surface area contributed by atoms with Gasteiger partial charge in [0.1, 0.15) is 0 Å². The van der Waals surface area contributed by atoms with Gasteiger partial charge < -0.3 is 0 Å². The summed E-state index contributed by atoms with van der Waals surface area (Å²) in [7, 11) is 0. The van der Waals surface area contributed by atoms with Crippen LogP contribution in [0.4, 0.5) is 0 Å². The first-order chi connectivity index (χ1) is 4.88. The van der Waals surface area contributed by atoms with Crippen LogP contribution in [-0.2, 0) is 10.7 Å². The average Bonchev–Trinajstić information content (AvgIpc) is 2.04. The molecule has 0 bridgehead atoms. The van der Waals surface area contributed by atoms with Crippen LogP contribution >= 0.6 is 31.9 Å². The molecule has 0 heterocycles. The molecule has 0 unspecified atom stereocenters. The van der Waals surface area contributed by atoms with Crippen LogP contribution in [0.15, 0.2) is 18.2 Å². The maximum Gasteiger partial charge on any atom is 0.0286 e. The second-order valence-electron chi connectivity index (χ2n) is 1.96. The normalized spacial score (nSPS) is 9.80. The highest BCUT2D eigenvalue weighted by Gasteiger charge is 1.95. The fourth-order valence-electron chi connectivity index (χ4n) is 0.752. The third kappa shape index (κ3) is 1.83. The zero-order valence-corrected chi connectivity index (χ0v) is 8.57. The van der Waals surface area contributed by atoms with Gasteiger partial charge in [-0.25, -0.2) is 0 Å². The third-order valence-electron chi connectivity index (χ3n) is 1.34. The van der Waals surface area contributed by atoms with Crippen molar-refractivity contribution in [3.63, 3.8) is 0 Å². The highest BCUT2D eigenvalue weighted by atomic mass is 79.9. The van der Waals surface area contributed by atoms with Crippen molar-refractivity contribution in [3.8, 4) is 0 Å². The SMILES string of the molecule is BrCc1c[c]ccc1CBr. The molecule has 0 saturated carbocycles. The lowest BCUT2D eigenvalue weighted by Crippen LogP contribution is -1.85. The Kier molecular flexibility index (Phi) is 3.43. The Morgan fingerprint density at radius 1 is 1.20 bits per heavy atom. The zero-order chi connectivity index (χ0) is 7.40. The Labute approximate surface area is 77.9 Å². The van der Waals surface area contributed by atoms with Crippen LogP contribution < -0.4 is 0 Å². The molecule has 0 spiro atoms. The van der Waals surface area contributed by atoms with E-state index in [1.54, 1.807) is 0 Å². The topological polar surface area (TPSA) is 0 Å². The summed E-state index contributed by atoms with van der Waals surface area (Å²) >= 11 is 6.82. The van der Waals surface area contributed by atoms with Crippen LogP contribution in [0.1, 0.15) is 11.1 Å². The molecule has 0 aromatic heterocycles. The Morgan fingerprint density at radius 2 is 1.90 bits per heavy atom. The highest BCUT2D eigenvalue weighted by Crippen LogP contribution is 2.14. The van der Waals surface area contributed by atoms with Crippen molar-refractivity contribution in [2.75, 3.05) is 0 Å². The molecule has 0 fully saturated rings. The molecule has 10 heavy (non-hydrogen) atoms. The molecule has 53 valence electrons. The van der Waals surface area contributed by atoms with Gasteiger partial charge in [-0.05, 0) is 17.2 Å². The Morgan fingerprint density at radius 3 is 2.40 bits per heavy atom. The van der Waals surface area contributed by atoms with Gasteiger partial charge in [0.15, 0.2) is 0 Å². The summed E-state index contributed by atoms with van der Waals surface area (Å²) in [5.74, 6) is 0. The maximum absolute atomic E-state index is 3.41. The van der Waals surface area contributed by atoms with Crippen molar-refractivity contribution in [2.24, 2.45) is 0 Å². The molecular weight excluding hydrogens is 256 g/mol. The second-order valence-corrected chi connectivity index (χ2v) is 3.08. The molecule has 0 aliphatic carbocycles. The largest absolute Gasteiger partial charge is 0.0876 e. The number of alkyl halides is 2. The minimum Gasteiger partial charge on any atom is -0.0876 e. The van der Waals surface area contributed by atoms with E-state index in [1.165, 1.54) is 11.1 Å². The molecule has 0 aliphatic rings. The predicted molar refractivity (Wildman–Crippen MR) is 50.5 cm³/mol. The number of hydrogen-bond acceptors (Lipinski definition) is 0. The van der Waals surface area contributed by atoms with Crippen molar-refractivity contribution in [1.29, 1.82) is 0 Å². The number of hydrogen-bond donors (Lipinski definition) is 0. The molecule has 1 aromatic carbocycles. The van der Waals surface area contributed by atoms with E-state index < -0.39 is 0 Å². The summed E-state index contributed by atoms with van der Waals surface area (Å²) in [4.78, 5) is 0. The van der Waals surface area contributed by atoms with Crippen LogP contribution in [-0.4, -0.2) is 0 Å². The lowest BCUT2D eigenvalue weighted by molar-refractivity contribution is 1.30. The van der Waals surface area contributed by atoms with E-state index in [-0.39, 0.29) is 0 Å². The van der Waals surface area contributed by atoms with E-state index in [9.17, 15) is 0 Å². The van der Waals surface area contributed by atoms with Crippen LogP contribution in [0.25, 0.3) is 0 Å². The molecule has 0 N–H and O–H groups in total. The summed E-state index contributed by atoms with van der Waals surface area (Å²) in [6.45, 7) is 0. The minimum atomic E-state index is 0.908. The molecule has 1 rings (SSSR count). The molecule has 0 nitrogen and oxygen atoms in total. The van der Waals surface area contributed by atoms with Gasteiger partial charge in [0.2, 0.25) is 0 Å². The Balaban J connectivity index is 2.96. The predicted octanol–water partition coefficient (Wildman–Crippen LogP) is 3.28. The first kappa shape index (κ1) is 8.28. The van der Waals surface area contributed by atoms with Crippen LogP contribution in [0.2, 0.25) is 0 Å². The van der Waals surface area contributed by atoms with Crippen molar-refractivity contribution in [3.05, 3.63) is 35.4 Å². The second kappa shape index (κ2) is 4.14. The molecule has 0 saturated heterocycles. The first-order valence-electron chi connectivity index (χ1n) is 2.98. The molecular formula is C8H7Br2. The van der Waals surface area contributed by atoms with E-state index in [4.69, 9.17) is 0 Å². The summed E-state index contributed by atoms with van der Waals surface area (Å²) in [6.07, 6.45) is 0. The van der Waals surface area contributed by atoms with Crippen molar-refractivity contribution >= 4 is 31.9 Å². The van der Waals surface area contributed by atoms with Crippen LogP contribution in [0.3, 0.4) is 0 Å². The fourth-order valence-corrected chi connectivity index (χ4v) is 1.82. The summed E-state index contributed by atoms with van der Waals surface area (Å²) in [5, 5.41) is 1.83. The fraction of sp³-hybridized carbons (Fsp3) is 0.250. The van der Waals surface area contributed by atoms with E-state index >= 15 is 0 Å². The molecule has 0 aliphatic heterocycles. The van der Waals surface area contributed by atoms with Gasteiger partial charge >= 0.3 is 0 Å². The molecule has 2 heteroatoms. The van der Waals surface area contributed by atoms with E-state index in [0.29, 0.717) is 0 Å². The van der Waals surface area contributed by atoms with Gasteiger partial charge in [0, 0.05) is 10.7 Å². The Hall–Kier alpha value is 0.180. The molecule has 1 radical (unpaired) electrons. The van der Waals surface area contributed by atoms with Crippen molar-refractivity contribution in [1.82, 2.24) is 0 Å². The lowest BCUT2D eigenvalue weighted by atomic mass is 10.1. The van der Waals surface area contributed by atoms with E-state index in [1.807, 2.05) is 12.1 Å². The molecule has 1 aromatic rings. The first-order valence-corrected chi connectivity index (χ1v) is 5.22. The number of rotatable bonds is 2. The smallest absolute Gasteiger partial charge is 0.0286 e. The highest BCUT2D eigenvalue weighted by molar-refractivity contribution is 9.09. The van der Waals surface area contributed by atoms with Gasteiger partial charge in [-0.2, -0.15) is 0 Å². The van der Waals surface area contributed by atoms with Gasteiger partial charge in [0.05, 0.1) is 0 Å². The summed E-state index contributed by atoms with van der Waals surface area (Å²) in [5.41, 5.74) is 2.63.